The van der Waals surface area contributed by atoms with Gasteiger partial charge in [-0.05, 0) is 19.4 Å². The van der Waals surface area contributed by atoms with Crippen molar-refractivity contribution in [3.05, 3.63) is 11.6 Å². The molecule has 0 saturated carbocycles. The Morgan fingerprint density at radius 1 is 1.36 bits per heavy atom. The molecule has 0 bridgehead atoms. The molecule has 2 unspecified atom stereocenters. The second-order valence-electron chi connectivity index (χ2n) is 3.09. The summed E-state index contributed by atoms with van der Waals surface area (Å²) in [5.41, 5.74) is 0.312. The van der Waals surface area contributed by atoms with E-state index in [1.54, 1.807) is 20.8 Å². The fraction of sp³-hybridized carbons (Fsp3) is 0.700. The molecule has 0 fully saturated rings. The fourth-order valence-electron chi connectivity index (χ4n) is 0.774. The highest BCUT2D eigenvalue weighted by atomic mass is 16.6. The summed E-state index contributed by atoms with van der Waals surface area (Å²) in [6, 6.07) is 0. The molecule has 0 aliphatic heterocycles. The lowest BCUT2D eigenvalue weighted by atomic mass is 10.2. The van der Waals surface area contributed by atoms with Crippen molar-refractivity contribution in [1.82, 2.24) is 0 Å². The molecule has 0 radical (unpaired) electrons. The SMILES string of the molecule is CCC(O)/C=C(\C)C(=O)OC(O)CC. The van der Waals surface area contributed by atoms with Crippen LogP contribution in [-0.2, 0) is 9.53 Å². The molecule has 0 aromatic rings. The lowest BCUT2D eigenvalue weighted by Crippen LogP contribution is -2.18. The van der Waals surface area contributed by atoms with E-state index in [9.17, 15) is 9.90 Å². The number of carbonyl (C=O) groups excluding carboxylic acids is 1. The summed E-state index contributed by atoms with van der Waals surface area (Å²) in [7, 11) is 0. The van der Waals surface area contributed by atoms with Crippen LogP contribution in [0.4, 0.5) is 0 Å². The molecular weight excluding hydrogens is 184 g/mol. The second kappa shape index (κ2) is 6.56. The smallest absolute Gasteiger partial charge is 0.335 e. The molecule has 0 rings (SSSR count). The van der Waals surface area contributed by atoms with E-state index in [-0.39, 0.29) is 0 Å². The van der Waals surface area contributed by atoms with Crippen LogP contribution in [0.25, 0.3) is 0 Å². The third kappa shape index (κ3) is 4.99. The van der Waals surface area contributed by atoms with Gasteiger partial charge in [-0.3, -0.25) is 0 Å². The van der Waals surface area contributed by atoms with Crippen LogP contribution >= 0.6 is 0 Å². The number of carbonyl (C=O) groups is 1. The summed E-state index contributed by atoms with van der Waals surface area (Å²) in [5, 5.41) is 18.3. The first kappa shape index (κ1) is 13.1. The van der Waals surface area contributed by atoms with Crippen molar-refractivity contribution < 1.29 is 19.7 Å². The van der Waals surface area contributed by atoms with Gasteiger partial charge < -0.3 is 14.9 Å². The van der Waals surface area contributed by atoms with Crippen molar-refractivity contribution in [2.45, 2.75) is 46.0 Å². The Bertz CT molecular complexity index is 210. The Kier molecular flexibility index (Phi) is 6.16. The summed E-state index contributed by atoms with van der Waals surface area (Å²) in [5.74, 6) is -0.591. The first-order chi connectivity index (χ1) is 6.51. The molecule has 2 N–H and O–H groups in total. The van der Waals surface area contributed by atoms with Crippen molar-refractivity contribution in [1.29, 1.82) is 0 Å². The van der Waals surface area contributed by atoms with Crippen molar-refractivity contribution in [3.8, 4) is 0 Å². The number of hydrogen-bond acceptors (Lipinski definition) is 4. The lowest BCUT2D eigenvalue weighted by Gasteiger charge is -2.10. The van der Waals surface area contributed by atoms with Crippen LogP contribution < -0.4 is 0 Å². The van der Waals surface area contributed by atoms with Crippen LogP contribution in [0.2, 0.25) is 0 Å². The highest BCUT2D eigenvalue weighted by Crippen LogP contribution is 2.04. The Hall–Kier alpha value is -0.870. The van der Waals surface area contributed by atoms with E-state index in [2.05, 4.69) is 4.74 Å². The number of ether oxygens (including phenoxy) is 1. The van der Waals surface area contributed by atoms with E-state index >= 15 is 0 Å². The van der Waals surface area contributed by atoms with Gasteiger partial charge in [0.25, 0.3) is 0 Å². The normalized spacial score (nSPS) is 16.2. The van der Waals surface area contributed by atoms with Gasteiger partial charge in [0.15, 0.2) is 0 Å². The number of aliphatic hydroxyl groups excluding tert-OH is 2. The monoisotopic (exact) mass is 202 g/mol. The summed E-state index contributed by atoms with van der Waals surface area (Å²) < 4.78 is 4.64. The van der Waals surface area contributed by atoms with Crippen LogP contribution in [0.1, 0.15) is 33.6 Å². The summed E-state index contributed by atoms with van der Waals surface area (Å²) in [6.07, 6.45) is 0.618. The largest absolute Gasteiger partial charge is 0.433 e. The summed E-state index contributed by atoms with van der Waals surface area (Å²) in [6.45, 7) is 5.06. The molecule has 0 saturated heterocycles. The van der Waals surface area contributed by atoms with Gasteiger partial charge in [0.2, 0.25) is 6.29 Å². The van der Waals surface area contributed by atoms with Crippen LogP contribution in [-0.4, -0.2) is 28.6 Å². The molecule has 0 spiro atoms. The summed E-state index contributed by atoms with van der Waals surface area (Å²) >= 11 is 0. The van der Waals surface area contributed by atoms with Gasteiger partial charge in [-0.2, -0.15) is 0 Å². The lowest BCUT2D eigenvalue weighted by molar-refractivity contribution is -0.163. The van der Waals surface area contributed by atoms with Gasteiger partial charge in [-0.15, -0.1) is 0 Å². The number of hydrogen-bond donors (Lipinski definition) is 2. The molecule has 0 aromatic heterocycles. The van der Waals surface area contributed by atoms with Gasteiger partial charge in [0, 0.05) is 12.0 Å². The Morgan fingerprint density at radius 3 is 2.36 bits per heavy atom. The highest BCUT2D eigenvalue weighted by Gasteiger charge is 2.11. The van der Waals surface area contributed by atoms with Gasteiger partial charge in [0.1, 0.15) is 0 Å². The first-order valence-electron chi connectivity index (χ1n) is 4.76. The third-order valence-electron chi connectivity index (χ3n) is 1.77. The average molecular weight is 202 g/mol. The molecule has 82 valence electrons. The fourth-order valence-corrected chi connectivity index (χ4v) is 0.774. The molecule has 4 heteroatoms. The minimum absolute atomic E-state index is 0.312. The van der Waals surface area contributed by atoms with E-state index < -0.39 is 18.4 Å². The van der Waals surface area contributed by atoms with Gasteiger partial charge >= 0.3 is 5.97 Å². The molecule has 0 aromatic carbocycles. The van der Waals surface area contributed by atoms with Crippen molar-refractivity contribution in [3.63, 3.8) is 0 Å². The van der Waals surface area contributed by atoms with Crippen LogP contribution in [0.15, 0.2) is 11.6 Å². The van der Waals surface area contributed by atoms with Gasteiger partial charge in [-0.1, -0.05) is 13.8 Å². The molecule has 0 aliphatic carbocycles. The molecule has 4 nitrogen and oxygen atoms in total. The Labute approximate surface area is 84.2 Å². The van der Waals surface area contributed by atoms with E-state index in [1.165, 1.54) is 6.08 Å². The molecule has 14 heavy (non-hydrogen) atoms. The Morgan fingerprint density at radius 2 is 1.93 bits per heavy atom. The van der Waals surface area contributed by atoms with Crippen molar-refractivity contribution in [2.75, 3.05) is 0 Å². The molecular formula is C10H18O4. The second-order valence-corrected chi connectivity index (χ2v) is 3.09. The topological polar surface area (TPSA) is 66.8 Å². The van der Waals surface area contributed by atoms with Crippen molar-refractivity contribution >= 4 is 5.97 Å². The minimum atomic E-state index is -1.07. The van der Waals surface area contributed by atoms with Gasteiger partial charge in [-0.25, -0.2) is 4.79 Å². The minimum Gasteiger partial charge on any atom is -0.433 e. The van der Waals surface area contributed by atoms with Crippen LogP contribution in [0.3, 0.4) is 0 Å². The first-order valence-corrected chi connectivity index (χ1v) is 4.76. The van der Waals surface area contributed by atoms with Crippen LogP contribution in [0.5, 0.6) is 0 Å². The molecule has 0 amide bonds. The summed E-state index contributed by atoms with van der Waals surface area (Å²) in [4.78, 5) is 11.2. The number of aliphatic hydroxyl groups is 2. The van der Waals surface area contributed by atoms with E-state index in [0.717, 1.165) is 0 Å². The number of esters is 1. The molecule has 0 heterocycles. The highest BCUT2D eigenvalue weighted by molar-refractivity contribution is 5.87. The number of rotatable bonds is 5. The zero-order chi connectivity index (χ0) is 11.1. The maximum absolute atomic E-state index is 11.2. The molecule has 0 aliphatic rings. The van der Waals surface area contributed by atoms with Gasteiger partial charge in [0.05, 0.1) is 6.10 Å². The maximum atomic E-state index is 11.2. The zero-order valence-electron chi connectivity index (χ0n) is 8.86. The standard InChI is InChI=1S/C10H18O4/c1-4-8(11)6-7(3)10(13)14-9(12)5-2/h6,8-9,11-12H,4-5H2,1-3H3/b7-6+. The quantitative estimate of drug-likeness (QED) is 0.396. The van der Waals surface area contributed by atoms with E-state index in [4.69, 9.17) is 5.11 Å². The predicted molar refractivity (Wildman–Crippen MR) is 52.4 cm³/mol. The average Bonchev–Trinajstić information content (AvgIpc) is 2.17. The Balaban J connectivity index is 4.18. The third-order valence-corrected chi connectivity index (χ3v) is 1.77. The maximum Gasteiger partial charge on any atom is 0.335 e. The molecule has 2 atom stereocenters. The van der Waals surface area contributed by atoms with E-state index in [0.29, 0.717) is 18.4 Å². The zero-order valence-corrected chi connectivity index (χ0v) is 8.86. The van der Waals surface area contributed by atoms with E-state index in [1.807, 2.05) is 0 Å². The van der Waals surface area contributed by atoms with Crippen LogP contribution in [0, 0.1) is 0 Å². The van der Waals surface area contributed by atoms with Crippen molar-refractivity contribution in [2.24, 2.45) is 0 Å². The predicted octanol–water partition coefficient (Wildman–Crippen LogP) is 0.975.